The zero-order chi connectivity index (χ0) is 20.7. The highest BCUT2D eigenvalue weighted by atomic mass is 32.2. The van der Waals surface area contributed by atoms with Gasteiger partial charge >= 0.3 is 10.1 Å². The Balaban J connectivity index is 2.15. The Morgan fingerprint density at radius 3 is 2.04 bits per heavy atom. The quantitative estimate of drug-likeness (QED) is 0.587. The van der Waals surface area contributed by atoms with E-state index in [4.69, 9.17) is 4.18 Å². The van der Waals surface area contributed by atoms with Crippen LogP contribution in [-0.2, 0) is 23.1 Å². The van der Waals surface area contributed by atoms with Crippen molar-refractivity contribution in [3.8, 4) is 5.75 Å². The number of carbonyl (C=O) groups excluding carboxylic acids is 1. The lowest BCUT2D eigenvalue weighted by Gasteiger charge is -2.25. The van der Waals surface area contributed by atoms with E-state index >= 15 is 0 Å². The van der Waals surface area contributed by atoms with Crippen molar-refractivity contribution in [1.29, 1.82) is 0 Å². The molecule has 0 N–H and O–H groups in total. The van der Waals surface area contributed by atoms with Crippen LogP contribution in [0.15, 0.2) is 48.5 Å². The van der Waals surface area contributed by atoms with Crippen LogP contribution in [0.5, 0.6) is 5.75 Å². The van der Waals surface area contributed by atoms with Gasteiger partial charge in [0.25, 0.3) is 5.91 Å². The van der Waals surface area contributed by atoms with Crippen LogP contribution in [0.3, 0.4) is 0 Å². The van der Waals surface area contributed by atoms with Crippen LogP contribution in [0.2, 0.25) is 0 Å². The van der Waals surface area contributed by atoms with Gasteiger partial charge in [-0.2, -0.15) is 8.42 Å². The largest absolute Gasteiger partial charge is 0.382 e. The summed E-state index contributed by atoms with van der Waals surface area (Å²) in [5.74, 6) is 0.520. The molecule has 0 unspecified atom stereocenters. The first-order valence-corrected chi connectivity index (χ1v) is 11.2. The molecule has 2 rings (SSSR count). The van der Waals surface area contributed by atoms with Gasteiger partial charge in [0.2, 0.25) is 0 Å². The molecule has 0 saturated carbocycles. The van der Waals surface area contributed by atoms with E-state index in [-0.39, 0.29) is 17.4 Å². The van der Waals surface area contributed by atoms with Crippen molar-refractivity contribution in [2.45, 2.75) is 40.7 Å². The summed E-state index contributed by atoms with van der Waals surface area (Å²) in [5, 5.41) is 0. The number of carbonyl (C=O) groups is 1. The minimum Gasteiger partial charge on any atom is -0.382 e. The van der Waals surface area contributed by atoms with Crippen LogP contribution in [0.25, 0.3) is 0 Å². The van der Waals surface area contributed by atoms with Gasteiger partial charge in [-0.05, 0) is 54.7 Å². The molecule has 0 radical (unpaired) electrons. The molecular formula is C22H29NO4S. The van der Waals surface area contributed by atoms with Crippen molar-refractivity contribution in [1.82, 2.24) is 4.90 Å². The van der Waals surface area contributed by atoms with Gasteiger partial charge in [-0.1, -0.05) is 45.0 Å². The highest BCUT2D eigenvalue weighted by Gasteiger charge is 2.18. The molecule has 0 spiro atoms. The maximum Gasteiger partial charge on any atom is 0.308 e. The minimum absolute atomic E-state index is 0.00904. The predicted molar refractivity (Wildman–Crippen MR) is 112 cm³/mol. The summed E-state index contributed by atoms with van der Waals surface area (Å²) in [7, 11) is -3.54. The molecule has 2 aromatic carbocycles. The zero-order valence-electron chi connectivity index (χ0n) is 17.0. The highest BCUT2D eigenvalue weighted by Crippen LogP contribution is 2.18. The van der Waals surface area contributed by atoms with Crippen molar-refractivity contribution in [3.05, 3.63) is 65.2 Å². The van der Waals surface area contributed by atoms with E-state index in [0.717, 1.165) is 12.0 Å². The lowest BCUT2D eigenvalue weighted by molar-refractivity contribution is 0.0722. The summed E-state index contributed by atoms with van der Waals surface area (Å²) in [5.41, 5.74) is 2.79. The number of hydrogen-bond acceptors (Lipinski definition) is 4. The summed E-state index contributed by atoms with van der Waals surface area (Å²) >= 11 is 0. The predicted octanol–water partition coefficient (Wildman–Crippen LogP) is 4.28. The Labute approximate surface area is 168 Å². The Bertz CT molecular complexity index is 872. The molecule has 0 aromatic heterocycles. The maximum absolute atomic E-state index is 13.0. The molecule has 6 heteroatoms. The van der Waals surface area contributed by atoms with Gasteiger partial charge in [-0.15, -0.1) is 0 Å². The van der Waals surface area contributed by atoms with Gasteiger partial charge < -0.3 is 9.08 Å². The fourth-order valence-electron chi connectivity index (χ4n) is 2.80. The van der Waals surface area contributed by atoms with Crippen molar-refractivity contribution in [3.63, 3.8) is 0 Å². The van der Waals surface area contributed by atoms with Gasteiger partial charge in [0.15, 0.2) is 0 Å². The van der Waals surface area contributed by atoms with Crippen molar-refractivity contribution < 1.29 is 17.4 Å². The second-order valence-electron chi connectivity index (χ2n) is 7.20. The fourth-order valence-corrected chi connectivity index (χ4v) is 3.32. The number of nitrogens with zero attached hydrogens (tertiary/aromatic N) is 1. The first kappa shape index (κ1) is 22.0. The van der Waals surface area contributed by atoms with Crippen molar-refractivity contribution >= 4 is 16.0 Å². The molecular weight excluding hydrogens is 374 g/mol. The Kier molecular flexibility index (Phi) is 7.63. The molecule has 0 heterocycles. The standard InChI is InChI=1S/C22H29NO4S/c1-5-18-7-11-20(12-8-18)22(24)23(15-17(3)4)16-19-9-13-21(14-10-19)27-28(25,26)6-2/h7-14,17H,5-6,15-16H2,1-4H3. The van der Waals surface area contributed by atoms with E-state index in [1.54, 1.807) is 24.3 Å². The topological polar surface area (TPSA) is 63.7 Å². The molecule has 0 aliphatic heterocycles. The number of aryl methyl sites for hydroxylation is 1. The first-order chi connectivity index (χ1) is 13.2. The zero-order valence-corrected chi connectivity index (χ0v) is 17.8. The third-order valence-electron chi connectivity index (χ3n) is 4.36. The normalized spacial score (nSPS) is 11.5. The summed E-state index contributed by atoms with van der Waals surface area (Å²) in [4.78, 5) is 14.8. The molecule has 0 aliphatic rings. The van der Waals surface area contributed by atoms with Crippen molar-refractivity contribution in [2.24, 2.45) is 5.92 Å². The highest BCUT2D eigenvalue weighted by molar-refractivity contribution is 7.87. The molecule has 0 atom stereocenters. The molecule has 152 valence electrons. The fraction of sp³-hybridized carbons (Fsp3) is 0.409. The number of rotatable bonds is 9. The summed E-state index contributed by atoms with van der Waals surface area (Å²) < 4.78 is 28.1. The number of benzene rings is 2. The van der Waals surface area contributed by atoms with Crippen molar-refractivity contribution in [2.75, 3.05) is 12.3 Å². The van der Waals surface area contributed by atoms with Gasteiger partial charge in [-0.25, -0.2) is 0 Å². The number of amides is 1. The van der Waals surface area contributed by atoms with Crippen LogP contribution in [0.4, 0.5) is 0 Å². The van der Waals surface area contributed by atoms with E-state index in [0.29, 0.717) is 24.6 Å². The molecule has 5 nitrogen and oxygen atoms in total. The average Bonchev–Trinajstić information content (AvgIpc) is 2.68. The summed E-state index contributed by atoms with van der Waals surface area (Å²) in [6, 6.07) is 14.6. The van der Waals surface area contributed by atoms with Gasteiger partial charge in [-0.3, -0.25) is 4.79 Å². The maximum atomic E-state index is 13.0. The van der Waals surface area contributed by atoms with E-state index < -0.39 is 10.1 Å². The molecule has 0 bridgehead atoms. The molecule has 0 fully saturated rings. The van der Waals surface area contributed by atoms with Crippen LogP contribution in [0.1, 0.15) is 49.2 Å². The van der Waals surface area contributed by atoms with Gasteiger partial charge in [0.1, 0.15) is 5.75 Å². The van der Waals surface area contributed by atoms with E-state index in [2.05, 4.69) is 20.8 Å². The SMILES string of the molecule is CCc1ccc(C(=O)N(Cc2ccc(OS(=O)(=O)CC)cc2)CC(C)C)cc1. The molecule has 0 aliphatic carbocycles. The monoisotopic (exact) mass is 403 g/mol. The molecule has 28 heavy (non-hydrogen) atoms. The lowest BCUT2D eigenvalue weighted by atomic mass is 10.1. The van der Waals surface area contributed by atoms with Crippen LogP contribution in [-0.4, -0.2) is 31.5 Å². The Hall–Kier alpha value is -2.34. The molecule has 1 amide bonds. The van der Waals surface area contributed by atoms with E-state index in [1.807, 2.05) is 29.2 Å². The summed E-state index contributed by atoms with van der Waals surface area (Å²) in [6.07, 6.45) is 0.937. The van der Waals surface area contributed by atoms with E-state index in [1.165, 1.54) is 12.5 Å². The average molecular weight is 404 g/mol. The van der Waals surface area contributed by atoms with Crippen LogP contribution >= 0.6 is 0 Å². The number of hydrogen-bond donors (Lipinski definition) is 0. The first-order valence-electron chi connectivity index (χ1n) is 9.63. The third kappa shape index (κ3) is 6.37. The third-order valence-corrected chi connectivity index (χ3v) is 5.51. The Morgan fingerprint density at radius 1 is 0.964 bits per heavy atom. The minimum atomic E-state index is -3.54. The van der Waals surface area contributed by atoms with Crippen LogP contribution < -0.4 is 4.18 Å². The lowest BCUT2D eigenvalue weighted by Crippen LogP contribution is -2.33. The van der Waals surface area contributed by atoms with Gasteiger partial charge in [0.05, 0.1) is 5.75 Å². The smallest absolute Gasteiger partial charge is 0.308 e. The van der Waals surface area contributed by atoms with E-state index in [9.17, 15) is 13.2 Å². The van der Waals surface area contributed by atoms with Gasteiger partial charge in [0, 0.05) is 18.7 Å². The second-order valence-corrected chi connectivity index (χ2v) is 9.06. The van der Waals surface area contributed by atoms with Crippen LogP contribution in [0, 0.1) is 5.92 Å². The second kappa shape index (κ2) is 9.73. The molecule has 2 aromatic rings. The molecule has 0 saturated heterocycles. The Morgan fingerprint density at radius 2 is 1.54 bits per heavy atom. The summed E-state index contributed by atoms with van der Waals surface area (Å²) in [6.45, 7) is 8.86.